The Morgan fingerprint density at radius 3 is 2.35 bits per heavy atom. The maximum Gasteiger partial charge on any atom is 0.264 e. The monoisotopic (exact) mass is 363 g/mol. The zero-order chi connectivity index (χ0) is 17.8. The quantitative estimate of drug-likeness (QED) is 0.733. The molecule has 1 aromatic heterocycles. The van der Waals surface area contributed by atoms with Gasteiger partial charge in [-0.15, -0.1) is 0 Å². The number of carbonyl (C=O) groups excluding carboxylic acids is 1. The molecule has 2 heterocycles. The van der Waals surface area contributed by atoms with E-state index in [9.17, 15) is 4.79 Å². The predicted molar refractivity (Wildman–Crippen MR) is 107 cm³/mol. The third kappa shape index (κ3) is 3.63. The number of carbonyl (C=O) groups is 1. The average molecular weight is 363 g/mol. The molecular formula is C21H21N3OS. The summed E-state index contributed by atoms with van der Waals surface area (Å²) in [7, 11) is 0. The molecule has 1 N–H and O–H groups in total. The number of benzene rings is 2. The molecule has 132 valence electrons. The van der Waals surface area contributed by atoms with Gasteiger partial charge in [-0.1, -0.05) is 72.0 Å². The van der Waals surface area contributed by atoms with E-state index < -0.39 is 0 Å². The molecule has 0 atom stereocenters. The molecule has 4 rings (SSSR count). The van der Waals surface area contributed by atoms with Gasteiger partial charge in [0.25, 0.3) is 5.91 Å². The second-order valence-corrected chi connectivity index (χ2v) is 7.38. The van der Waals surface area contributed by atoms with Crippen molar-refractivity contribution >= 4 is 22.4 Å². The highest BCUT2D eigenvalue weighted by Gasteiger charge is 2.23. The second-order valence-electron chi connectivity index (χ2n) is 6.40. The van der Waals surface area contributed by atoms with Crippen LogP contribution in [0.1, 0.15) is 28.1 Å². The molecular weight excluding hydrogens is 342 g/mol. The minimum atomic E-state index is -0.0596. The molecule has 3 aromatic rings. The van der Waals surface area contributed by atoms with E-state index in [1.165, 1.54) is 24.2 Å². The van der Waals surface area contributed by atoms with Crippen LogP contribution < -0.4 is 10.2 Å². The van der Waals surface area contributed by atoms with Crippen molar-refractivity contribution in [3.63, 3.8) is 0 Å². The molecule has 0 spiro atoms. The number of anilines is 1. The first kappa shape index (κ1) is 16.8. The molecule has 1 amide bonds. The van der Waals surface area contributed by atoms with E-state index in [0.29, 0.717) is 11.4 Å². The van der Waals surface area contributed by atoms with Crippen molar-refractivity contribution in [1.29, 1.82) is 0 Å². The molecule has 26 heavy (non-hydrogen) atoms. The number of rotatable bonds is 5. The van der Waals surface area contributed by atoms with Crippen molar-refractivity contribution in [2.75, 3.05) is 18.0 Å². The van der Waals surface area contributed by atoms with Crippen LogP contribution in [0.3, 0.4) is 0 Å². The maximum atomic E-state index is 12.9. The van der Waals surface area contributed by atoms with Crippen LogP contribution in [-0.2, 0) is 6.54 Å². The van der Waals surface area contributed by atoms with E-state index in [1.54, 1.807) is 0 Å². The van der Waals surface area contributed by atoms with E-state index in [1.807, 2.05) is 60.7 Å². The fraction of sp³-hybridized carbons (Fsp3) is 0.238. The predicted octanol–water partition coefficient (Wildman–Crippen LogP) is 4.34. The van der Waals surface area contributed by atoms with Crippen molar-refractivity contribution in [2.45, 2.75) is 19.4 Å². The number of nitrogens with one attached hydrogen (secondary N) is 1. The van der Waals surface area contributed by atoms with Gasteiger partial charge in [0.2, 0.25) is 0 Å². The van der Waals surface area contributed by atoms with Crippen LogP contribution in [-0.4, -0.2) is 24.0 Å². The fourth-order valence-electron chi connectivity index (χ4n) is 3.16. The van der Waals surface area contributed by atoms with Gasteiger partial charge in [-0.3, -0.25) is 4.79 Å². The highest BCUT2D eigenvalue weighted by molar-refractivity contribution is 7.18. The van der Waals surface area contributed by atoms with E-state index in [2.05, 4.69) is 10.2 Å². The summed E-state index contributed by atoms with van der Waals surface area (Å²) in [5.74, 6) is -0.0596. The number of thiazole rings is 1. The summed E-state index contributed by atoms with van der Waals surface area (Å²) in [4.78, 5) is 20.7. The Morgan fingerprint density at radius 2 is 1.65 bits per heavy atom. The Balaban J connectivity index is 1.61. The van der Waals surface area contributed by atoms with E-state index in [0.717, 1.165) is 35.0 Å². The van der Waals surface area contributed by atoms with Crippen LogP contribution in [0.2, 0.25) is 0 Å². The van der Waals surface area contributed by atoms with Crippen molar-refractivity contribution in [1.82, 2.24) is 10.3 Å². The van der Waals surface area contributed by atoms with Gasteiger partial charge in [-0.05, 0) is 18.4 Å². The van der Waals surface area contributed by atoms with Crippen LogP contribution in [0.5, 0.6) is 0 Å². The number of hydrogen-bond acceptors (Lipinski definition) is 4. The van der Waals surface area contributed by atoms with Crippen molar-refractivity contribution in [3.8, 4) is 11.3 Å². The molecule has 4 nitrogen and oxygen atoms in total. The van der Waals surface area contributed by atoms with Crippen molar-refractivity contribution < 1.29 is 4.79 Å². The zero-order valence-electron chi connectivity index (χ0n) is 14.5. The molecule has 1 aliphatic rings. The Kier molecular flexibility index (Phi) is 4.97. The Bertz CT molecular complexity index is 871. The highest BCUT2D eigenvalue weighted by atomic mass is 32.1. The lowest BCUT2D eigenvalue weighted by Crippen LogP contribution is -2.22. The van der Waals surface area contributed by atoms with Gasteiger partial charge in [-0.25, -0.2) is 4.98 Å². The summed E-state index contributed by atoms with van der Waals surface area (Å²) in [5, 5.41) is 3.99. The Labute approximate surface area is 157 Å². The molecule has 0 aliphatic carbocycles. The number of hydrogen-bond donors (Lipinski definition) is 1. The summed E-state index contributed by atoms with van der Waals surface area (Å²) >= 11 is 1.50. The molecule has 1 aliphatic heterocycles. The van der Waals surface area contributed by atoms with Gasteiger partial charge in [-0.2, -0.15) is 0 Å². The lowest BCUT2D eigenvalue weighted by molar-refractivity contribution is 0.0955. The van der Waals surface area contributed by atoms with Crippen LogP contribution in [0.15, 0.2) is 60.7 Å². The lowest BCUT2D eigenvalue weighted by atomic mass is 10.1. The normalized spacial score (nSPS) is 13.8. The lowest BCUT2D eigenvalue weighted by Gasteiger charge is -2.12. The van der Waals surface area contributed by atoms with Gasteiger partial charge < -0.3 is 10.2 Å². The zero-order valence-corrected chi connectivity index (χ0v) is 15.3. The van der Waals surface area contributed by atoms with Crippen LogP contribution >= 0.6 is 11.3 Å². The number of nitrogens with zero attached hydrogens (tertiary/aromatic N) is 2. The van der Waals surface area contributed by atoms with Crippen molar-refractivity contribution in [3.05, 3.63) is 71.1 Å². The van der Waals surface area contributed by atoms with Gasteiger partial charge in [0.15, 0.2) is 5.13 Å². The van der Waals surface area contributed by atoms with Crippen LogP contribution in [0.4, 0.5) is 5.13 Å². The molecule has 0 bridgehead atoms. The summed E-state index contributed by atoms with van der Waals surface area (Å²) in [6.07, 6.45) is 2.38. The van der Waals surface area contributed by atoms with E-state index in [-0.39, 0.29) is 5.91 Å². The number of amides is 1. The molecule has 1 saturated heterocycles. The molecule has 0 radical (unpaired) electrons. The molecule has 5 heteroatoms. The summed E-state index contributed by atoms with van der Waals surface area (Å²) in [6, 6.07) is 19.9. The minimum Gasteiger partial charge on any atom is -0.348 e. The van der Waals surface area contributed by atoms with Gasteiger partial charge in [0.05, 0.1) is 5.69 Å². The average Bonchev–Trinajstić information content (AvgIpc) is 3.37. The van der Waals surface area contributed by atoms with Crippen molar-refractivity contribution in [2.24, 2.45) is 0 Å². The third-order valence-electron chi connectivity index (χ3n) is 4.54. The highest BCUT2D eigenvalue weighted by Crippen LogP contribution is 2.34. The molecule has 0 saturated carbocycles. The molecule has 0 unspecified atom stereocenters. The van der Waals surface area contributed by atoms with Gasteiger partial charge >= 0.3 is 0 Å². The summed E-state index contributed by atoms with van der Waals surface area (Å²) in [6.45, 7) is 2.56. The SMILES string of the molecule is O=C(NCc1ccccc1)c1sc(N2CCCC2)nc1-c1ccccc1. The first-order chi connectivity index (χ1) is 12.8. The fourth-order valence-corrected chi connectivity index (χ4v) is 4.21. The van der Waals surface area contributed by atoms with Crippen LogP contribution in [0.25, 0.3) is 11.3 Å². The molecule has 2 aromatic carbocycles. The summed E-state index contributed by atoms with van der Waals surface area (Å²) in [5.41, 5.74) is 2.86. The first-order valence-electron chi connectivity index (χ1n) is 8.94. The second kappa shape index (κ2) is 7.70. The van der Waals surface area contributed by atoms with E-state index in [4.69, 9.17) is 4.98 Å². The van der Waals surface area contributed by atoms with E-state index >= 15 is 0 Å². The standard InChI is InChI=1S/C21H21N3OS/c25-20(22-15-16-9-3-1-4-10-16)19-18(17-11-5-2-6-12-17)23-21(26-19)24-13-7-8-14-24/h1-6,9-12H,7-8,13-15H2,(H,22,25). The third-order valence-corrected chi connectivity index (χ3v) is 5.66. The van der Waals surface area contributed by atoms with Gasteiger partial charge in [0, 0.05) is 25.2 Å². The number of aromatic nitrogens is 1. The molecule has 1 fully saturated rings. The largest absolute Gasteiger partial charge is 0.348 e. The smallest absolute Gasteiger partial charge is 0.264 e. The maximum absolute atomic E-state index is 12.9. The minimum absolute atomic E-state index is 0.0596. The topological polar surface area (TPSA) is 45.2 Å². The summed E-state index contributed by atoms with van der Waals surface area (Å²) < 4.78 is 0. The first-order valence-corrected chi connectivity index (χ1v) is 9.76. The Hall–Kier alpha value is -2.66. The Morgan fingerprint density at radius 1 is 1.00 bits per heavy atom. The van der Waals surface area contributed by atoms with Crippen LogP contribution in [0, 0.1) is 0 Å². The van der Waals surface area contributed by atoms with Gasteiger partial charge in [0.1, 0.15) is 4.88 Å².